The number of methoxy groups -OCH3 is 1. The molecule has 0 saturated heterocycles. The normalized spacial score (nSPS) is 11.0. The number of sulfonamides is 1. The van der Waals surface area contributed by atoms with E-state index in [0.717, 1.165) is 18.4 Å². The number of esters is 1. The molecule has 1 rings (SSSR count). The maximum absolute atomic E-state index is 12.2. The first-order valence-electron chi connectivity index (χ1n) is 6.25. The van der Waals surface area contributed by atoms with Crippen LogP contribution in [0.1, 0.15) is 35.5 Å². The van der Waals surface area contributed by atoms with Crippen molar-refractivity contribution >= 4 is 33.4 Å². The van der Waals surface area contributed by atoms with Crippen LogP contribution in [0.4, 0.5) is 4.79 Å². The van der Waals surface area contributed by atoms with Gasteiger partial charge < -0.3 is 9.47 Å². The molecule has 0 aliphatic rings. The highest BCUT2D eigenvalue weighted by Gasteiger charge is 2.30. The molecule has 21 heavy (non-hydrogen) atoms. The fourth-order valence-corrected chi connectivity index (χ4v) is 4.23. The maximum Gasteiger partial charge on any atom is 0.420 e. The van der Waals surface area contributed by atoms with Gasteiger partial charge in [-0.3, -0.25) is 0 Å². The highest BCUT2D eigenvalue weighted by Crippen LogP contribution is 2.28. The van der Waals surface area contributed by atoms with Gasteiger partial charge in [0.05, 0.1) is 19.3 Å². The summed E-state index contributed by atoms with van der Waals surface area (Å²) in [5.74, 6) is -0.724. The zero-order valence-corrected chi connectivity index (χ0v) is 13.6. The first-order valence-corrected chi connectivity index (χ1v) is 8.61. The summed E-state index contributed by atoms with van der Waals surface area (Å²) in [5.41, 5.74) is -0.0679. The largest absolute Gasteiger partial charge is 0.462 e. The van der Waals surface area contributed by atoms with E-state index in [-0.39, 0.29) is 17.1 Å². The van der Waals surface area contributed by atoms with Crippen LogP contribution in [0.5, 0.6) is 0 Å². The number of hydrogen-bond donors (Lipinski definition) is 1. The Hall–Kier alpha value is -1.61. The summed E-state index contributed by atoms with van der Waals surface area (Å²) in [4.78, 5) is 23.3. The molecule has 0 bridgehead atoms. The fraction of sp³-hybridized carbons (Fsp3) is 0.500. The second-order valence-corrected chi connectivity index (χ2v) is 6.57. The Morgan fingerprint density at radius 1 is 1.33 bits per heavy atom. The predicted octanol–water partition coefficient (Wildman–Crippen LogP) is 1.92. The van der Waals surface area contributed by atoms with Gasteiger partial charge in [0.15, 0.2) is 0 Å². The second-order valence-electron chi connectivity index (χ2n) is 3.99. The van der Waals surface area contributed by atoms with Gasteiger partial charge in [-0.25, -0.2) is 22.7 Å². The number of amides is 1. The van der Waals surface area contributed by atoms with Crippen LogP contribution in [0, 0.1) is 0 Å². The van der Waals surface area contributed by atoms with Crippen molar-refractivity contribution in [2.24, 2.45) is 0 Å². The summed E-state index contributed by atoms with van der Waals surface area (Å²) in [5, 5.41) is 1.42. The molecule has 0 aliphatic carbocycles. The smallest absolute Gasteiger partial charge is 0.420 e. The van der Waals surface area contributed by atoms with E-state index < -0.39 is 22.1 Å². The molecular formula is C12H17NO6S2. The number of nitrogens with one attached hydrogen (secondary N) is 1. The average Bonchev–Trinajstić information content (AvgIpc) is 2.89. The summed E-state index contributed by atoms with van der Waals surface area (Å²) in [6.45, 7) is 3.78. The van der Waals surface area contributed by atoms with Crippen molar-refractivity contribution < 1.29 is 27.5 Å². The molecule has 7 nitrogen and oxygen atoms in total. The molecule has 0 aromatic carbocycles. The SMILES string of the molecule is CCCOC(=O)c1csc(CC)c1S(=O)(=O)NC(=O)OC. The number of rotatable bonds is 6. The van der Waals surface area contributed by atoms with Gasteiger partial charge in [0.2, 0.25) is 0 Å². The lowest BCUT2D eigenvalue weighted by Crippen LogP contribution is -2.31. The van der Waals surface area contributed by atoms with Crippen LogP contribution in [0.2, 0.25) is 0 Å². The van der Waals surface area contributed by atoms with E-state index in [0.29, 0.717) is 17.7 Å². The van der Waals surface area contributed by atoms with Crippen molar-refractivity contribution in [3.8, 4) is 0 Å². The van der Waals surface area contributed by atoms with Gasteiger partial charge in [0, 0.05) is 10.3 Å². The highest BCUT2D eigenvalue weighted by molar-refractivity contribution is 7.90. The summed E-state index contributed by atoms with van der Waals surface area (Å²) < 4.78 is 35.4. The fourth-order valence-electron chi connectivity index (χ4n) is 1.54. The molecule has 1 amide bonds. The average molecular weight is 335 g/mol. The summed E-state index contributed by atoms with van der Waals surface area (Å²) in [7, 11) is -3.14. The van der Waals surface area contributed by atoms with Gasteiger partial charge in [0.25, 0.3) is 10.0 Å². The Morgan fingerprint density at radius 3 is 2.52 bits per heavy atom. The van der Waals surface area contributed by atoms with Crippen LogP contribution >= 0.6 is 11.3 Å². The quantitative estimate of drug-likeness (QED) is 0.798. The standard InChI is InChI=1S/C12H17NO6S2/c1-4-6-19-11(14)8-7-20-9(5-2)10(8)21(16,17)13-12(15)18-3/h7H,4-6H2,1-3H3,(H,13,15). The molecule has 9 heteroatoms. The lowest BCUT2D eigenvalue weighted by molar-refractivity contribution is 0.0501. The molecule has 0 aliphatic heterocycles. The molecule has 0 atom stereocenters. The van der Waals surface area contributed by atoms with Crippen LogP contribution in [0.3, 0.4) is 0 Å². The Labute approximate surface area is 127 Å². The highest BCUT2D eigenvalue weighted by atomic mass is 32.2. The second kappa shape index (κ2) is 7.41. The molecule has 0 spiro atoms. The lowest BCUT2D eigenvalue weighted by Gasteiger charge is -2.09. The van der Waals surface area contributed by atoms with Crippen LogP contribution in [0.25, 0.3) is 0 Å². The number of hydrogen-bond acceptors (Lipinski definition) is 7. The Morgan fingerprint density at radius 2 is 2.00 bits per heavy atom. The van der Waals surface area contributed by atoms with Crippen molar-refractivity contribution in [2.45, 2.75) is 31.6 Å². The maximum atomic E-state index is 12.2. The molecule has 118 valence electrons. The molecule has 1 heterocycles. The van der Waals surface area contributed by atoms with Crippen LogP contribution in [0.15, 0.2) is 10.3 Å². The van der Waals surface area contributed by atoms with E-state index in [2.05, 4.69) is 4.74 Å². The third-order valence-electron chi connectivity index (χ3n) is 2.47. The topological polar surface area (TPSA) is 98.8 Å². The van der Waals surface area contributed by atoms with Crippen molar-refractivity contribution in [3.63, 3.8) is 0 Å². The Balaban J connectivity index is 3.23. The number of aryl methyl sites for hydroxylation is 1. The van der Waals surface area contributed by atoms with Gasteiger partial charge in [-0.05, 0) is 12.8 Å². The number of carbonyl (C=O) groups excluding carboxylic acids is 2. The van der Waals surface area contributed by atoms with Crippen molar-refractivity contribution in [1.29, 1.82) is 0 Å². The summed E-state index contributed by atoms with van der Waals surface area (Å²) in [6, 6.07) is 0. The molecular weight excluding hydrogens is 318 g/mol. The summed E-state index contributed by atoms with van der Waals surface area (Å²) in [6.07, 6.45) is -0.0848. The Kier molecular flexibility index (Phi) is 6.16. The molecule has 0 fully saturated rings. The van der Waals surface area contributed by atoms with Gasteiger partial charge in [-0.2, -0.15) is 0 Å². The van der Waals surface area contributed by atoms with E-state index in [4.69, 9.17) is 4.74 Å². The minimum absolute atomic E-state index is 0.0679. The molecule has 1 N–H and O–H groups in total. The van der Waals surface area contributed by atoms with E-state index in [9.17, 15) is 18.0 Å². The number of thiophene rings is 1. The zero-order chi connectivity index (χ0) is 16.0. The van der Waals surface area contributed by atoms with Gasteiger partial charge in [-0.15, -0.1) is 11.3 Å². The van der Waals surface area contributed by atoms with E-state index in [1.165, 1.54) is 5.38 Å². The van der Waals surface area contributed by atoms with E-state index in [1.54, 1.807) is 11.6 Å². The van der Waals surface area contributed by atoms with E-state index in [1.807, 2.05) is 6.92 Å². The van der Waals surface area contributed by atoms with Crippen molar-refractivity contribution in [2.75, 3.05) is 13.7 Å². The van der Waals surface area contributed by atoms with Gasteiger partial charge >= 0.3 is 12.1 Å². The monoisotopic (exact) mass is 335 g/mol. The Bertz CT molecular complexity index is 620. The minimum atomic E-state index is -4.19. The van der Waals surface area contributed by atoms with Crippen LogP contribution in [-0.4, -0.2) is 34.2 Å². The third kappa shape index (κ3) is 4.18. The summed E-state index contributed by atoms with van der Waals surface area (Å²) >= 11 is 1.13. The molecule has 1 aromatic heterocycles. The molecule has 0 radical (unpaired) electrons. The lowest BCUT2D eigenvalue weighted by atomic mass is 10.3. The molecule has 0 unspecified atom stereocenters. The van der Waals surface area contributed by atoms with E-state index >= 15 is 0 Å². The molecule has 0 saturated carbocycles. The first-order chi connectivity index (χ1) is 9.87. The first kappa shape index (κ1) is 17.4. The third-order valence-corrected chi connectivity index (χ3v) is 5.17. The van der Waals surface area contributed by atoms with Crippen molar-refractivity contribution in [1.82, 2.24) is 4.72 Å². The minimum Gasteiger partial charge on any atom is -0.462 e. The molecule has 1 aromatic rings. The number of carbonyl (C=O) groups is 2. The van der Waals surface area contributed by atoms with Crippen molar-refractivity contribution in [3.05, 3.63) is 15.8 Å². The number of ether oxygens (including phenoxy) is 2. The van der Waals surface area contributed by atoms with Crippen LogP contribution in [-0.2, 0) is 25.9 Å². The van der Waals surface area contributed by atoms with Gasteiger partial charge in [-0.1, -0.05) is 13.8 Å². The van der Waals surface area contributed by atoms with Gasteiger partial charge in [0.1, 0.15) is 4.90 Å². The van der Waals surface area contributed by atoms with Crippen LogP contribution < -0.4 is 4.72 Å². The zero-order valence-electron chi connectivity index (χ0n) is 12.0. The predicted molar refractivity (Wildman–Crippen MR) is 77.0 cm³/mol.